The number of carbonyl (C=O) groups excluding carboxylic acids is 3. The van der Waals surface area contributed by atoms with Crippen molar-refractivity contribution in [2.75, 3.05) is 65.9 Å². The molecule has 15 nitrogen and oxygen atoms in total. The number of ether oxygens (including phenoxy) is 3. The zero-order valence-corrected chi connectivity index (χ0v) is 35.8. The number of carbonyl (C=O) groups is 3. The summed E-state index contributed by atoms with van der Waals surface area (Å²) in [6.07, 6.45) is 6.70. The molecule has 0 spiro atoms. The predicted molar refractivity (Wildman–Crippen MR) is 231 cm³/mol. The normalized spacial score (nSPS) is 19.9. The van der Waals surface area contributed by atoms with Crippen molar-refractivity contribution in [3.63, 3.8) is 0 Å². The van der Waals surface area contributed by atoms with Crippen LogP contribution in [0.1, 0.15) is 80.3 Å². The molecule has 0 bridgehead atoms. The van der Waals surface area contributed by atoms with Crippen molar-refractivity contribution >= 4 is 46.6 Å². The zero-order valence-electron chi connectivity index (χ0n) is 35.8. The molecular weight excluding hydrogens is 794 g/mol. The maximum Gasteiger partial charge on any atom is 0.415 e. The van der Waals surface area contributed by atoms with Crippen LogP contribution < -0.4 is 30.1 Å². The predicted octanol–water partition coefficient (Wildman–Crippen LogP) is 6.15. The van der Waals surface area contributed by atoms with Crippen molar-refractivity contribution in [3.05, 3.63) is 88.6 Å². The molecule has 62 heavy (non-hydrogen) atoms. The Balaban J connectivity index is 0.747. The van der Waals surface area contributed by atoms with E-state index in [-0.39, 0.29) is 36.3 Å². The lowest BCUT2D eigenvalue weighted by atomic mass is 9.90. The van der Waals surface area contributed by atoms with Crippen molar-refractivity contribution in [3.8, 4) is 5.88 Å². The second kappa shape index (κ2) is 17.1. The van der Waals surface area contributed by atoms with E-state index in [1.54, 1.807) is 17.2 Å². The van der Waals surface area contributed by atoms with E-state index in [9.17, 15) is 14.4 Å². The number of pyridine rings is 1. The summed E-state index contributed by atoms with van der Waals surface area (Å²) >= 11 is 0. The fourth-order valence-electron chi connectivity index (χ4n) is 9.03. The highest BCUT2D eigenvalue weighted by molar-refractivity contribution is 6.01. The molecule has 5 aliphatic heterocycles. The van der Waals surface area contributed by atoms with Crippen LogP contribution in [0.5, 0.6) is 5.88 Å². The van der Waals surface area contributed by atoms with Gasteiger partial charge >= 0.3 is 6.09 Å². The van der Waals surface area contributed by atoms with Crippen LogP contribution in [-0.2, 0) is 38.6 Å². The number of likely N-dealkylation sites (tertiary alicyclic amines) is 1. The van der Waals surface area contributed by atoms with Crippen molar-refractivity contribution in [1.82, 2.24) is 25.2 Å². The number of anilines is 5. The Bertz CT molecular complexity index is 2340. The lowest BCUT2D eigenvalue weighted by Crippen LogP contribution is -2.61. The Morgan fingerprint density at radius 1 is 0.968 bits per heavy atom. The van der Waals surface area contributed by atoms with Crippen LogP contribution in [0.3, 0.4) is 0 Å². The molecule has 2 N–H and O–H groups in total. The molecule has 3 fully saturated rings. The van der Waals surface area contributed by atoms with Crippen LogP contribution in [0.2, 0.25) is 0 Å². The maximum absolute atomic E-state index is 15.4. The van der Waals surface area contributed by atoms with E-state index in [0.717, 1.165) is 85.7 Å². The number of nitrogens with one attached hydrogen (secondary N) is 2. The van der Waals surface area contributed by atoms with Gasteiger partial charge in [-0.2, -0.15) is 0 Å². The summed E-state index contributed by atoms with van der Waals surface area (Å²) in [6.45, 7) is 13.4. The third kappa shape index (κ3) is 8.89. The highest BCUT2D eigenvalue weighted by Crippen LogP contribution is 2.40. The Labute approximate surface area is 360 Å². The molecule has 3 amide bonds. The first-order chi connectivity index (χ1) is 29.8. The number of piperidine rings is 2. The van der Waals surface area contributed by atoms with Gasteiger partial charge in [0.1, 0.15) is 23.7 Å². The summed E-state index contributed by atoms with van der Waals surface area (Å²) in [5.41, 5.74) is 6.77. The molecule has 5 aliphatic rings. The van der Waals surface area contributed by atoms with Gasteiger partial charge in [0.2, 0.25) is 23.6 Å². The molecule has 326 valence electrons. The second-order valence-electron chi connectivity index (χ2n) is 17.9. The van der Waals surface area contributed by atoms with E-state index in [2.05, 4.69) is 47.4 Å². The average Bonchev–Trinajstić information content (AvgIpc) is 3.23. The van der Waals surface area contributed by atoms with E-state index < -0.39 is 11.7 Å². The smallest absolute Gasteiger partial charge is 0.415 e. The largest absolute Gasteiger partial charge is 0.474 e. The summed E-state index contributed by atoms with van der Waals surface area (Å²) in [5, 5.41) is 5.63. The molecule has 16 heteroatoms. The molecule has 4 aromatic rings. The van der Waals surface area contributed by atoms with Crippen molar-refractivity contribution < 1.29 is 33.0 Å². The average molecular weight is 848 g/mol. The monoisotopic (exact) mass is 847 g/mol. The third-order valence-corrected chi connectivity index (χ3v) is 12.5. The molecule has 0 saturated carbocycles. The molecule has 9 rings (SSSR count). The van der Waals surface area contributed by atoms with Crippen LogP contribution in [0.15, 0.2) is 54.9 Å². The second-order valence-corrected chi connectivity index (χ2v) is 17.9. The van der Waals surface area contributed by atoms with Crippen LogP contribution >= 0.6 is 0 Å². The summed E-state index contributed by atoms with van der Waals surface area (Å²) in [5.74, 6) is -0.240. The molecule has 0 radical (unpaired) electrons. The third-order valence-electron chi connectivity index (χ3n) is 12.5. The standard InChI is InChI=1S/C46H54FN9O6/c1-28-39(23-48-43-41(28)56(19-20-60-43)45(59)62-46(2,3)4)54-16-13-30-22-49-44(51-38(30)26-54)50-32-8-5-31(37(47)21-32)27-61-35-14-17-53(18-15-35)34-24-55(25-34)33-9-6-29(7-10-33)36-11-12-40(57)52-42(36)58/h5-10,21-23,34-36H,11-20,24-27H2,1-4H3,(H,49,50,51)(H,52,57,58). The number of fused-ring (bicyclic) bond motifs is 2. The van der Waals surface area contributed by atoms with Gasteiger partial charge in [0.25, 0.3) is 0 Å². The van der Waals surface area contributed by atoms with E-state index in [4.69, 9.17) is 19.2 Å². The van der Waals surface area contributed by atoms with Crippen molar-refractivity contribution in [1.29, 1.82) is 0 Å². The zero-order chi connectivity index (χ0) is 43.1. The number of aromatic nitrogens is 3. The fourth-order valence-corrected chi connectivity index (χ4v) is 9.03. The van der Waals surface area contributed by atoms with Crippen molar-refractivity contribution in [2.45, 2.75) is 96.6 Å². The molecule has 7 heterocycles. The Hall–Kier alpha value is -5.87. The highest BCUT2D eigenvalue weighted by atomic mass is 19.1. The van der Waals surface area contributed by atoms with Crippen LogP contribution in [-0.4, -0.2) is 101 Å². The topological polar surface area (TPSA) is 155 Å². The minimum Gasteiger partial charge on any atom is -0.474 e. The summed E-state index contributed by atoms with van der Waals surface area (Å²) < 4.78 is 33.2. The van der Waals surface area contributed by atoms with Gasteiger partial charge in [-0.25, -0.2) is 24.1 Å². The Morgan fingerprint density at radius 2 is 1.76 bits per heavy atom. The fraction of sp³-hybridized carbons (Fsp3) is 0.478. The van der Waals surface area contributed by atoms with Gasteiger partial charge in [-0.1, -0.05) is 18.2 Å². The molecular formula is C46H54FN9O6. The van der Waals surface area contributed by atoms with Crippen molar-refractivity contribution in [2.24, 2.45) is 0 Å². The summed E-state index contributed by atoms with van der Waals surface area (Å²) in [7, 11) is 0. The van der Waals surface area contributed by atoms with Gasteiger partial charge in [0, 0.05) is 73.9 Å². The number of imide groups is 1. The number of rotatable bonds is 9. The first kappa shape index (κ1) is 41.5. The summed E-state index contributed by atoms with van der Waals surface area (Å²) in [6, 6.07) is 13.7. The first-order valence-electron chi connectivity index (χ1n) is 21.7. The maximum atomic E-state index is 15.4. The number of halogens is 1. The van der Waals surface area contributed by atoms with Gasteiger partial charge in [-0.15, -0.1) is 0 Å². The SMILES string of the molecule is Cc1c(N2CCc3cnc(Nc4ccc(COC5CCN(C6CN(c7ccc(C8CCC(=O)NC8=O)cc7)C6)CC5)c(F)c4)nc3C2)cnc2c1N(C(=O)OC(C)(C)C)CCO2. The number of benzene rings is 2. The Kier molecular flexibility index (Phi) is 11.5. The molecule has 0 aliphatic carbocycles. The Morgan fingerprint density at radius 3 is 2.50 bits per heavy atom. The van der Waals surface area contributed by atoms with E-state index in [0.29, 0.717) is 67.3 Å². The lowest BCUT2D eigenvalue weighted by molar-refractivity contribution is -0.134. The quantitative estimate of drug-likeness (QED) is 0.185. The minimum absolute atomic E-state index is 0.0704. The van der Waals surface area contributed by atoms with Gasteiger partial charge < -0.3 is 29.3 Å². The molecule has 3 saturated heterocycles. The van der Waals surface area contributed by atoms with Gasteiger partial charge in [-0.3, -0.25) is 24.7 Å². The van der Waals surface area contributed by atoms with Gasteiger partial charge in [0.15, 0.2) is 0 Å². The van der Waals surface area contributed by atoms with Gasteiger partial charge in [-0.05, 0) is 88.8 Å². The highest BCUT2D eigenvalue weighted by Gasteiger charge is 2.36. The van der Waals surface area contributed by atoms with E-state index in [1.165, 1.54) is 6.07 Å². The number of amides is 3. The van der Waals surface area contributed by atoms with Gasteiger partial charge in [0.05, 0.1) is 49.3 Å². The van der Waals surface area contributed by atoms with Crippen LogP contribution in [0.25, 0.3) is 0 Å². The van der Waals surface area contributed by atoms with E-state index in [1.807, 2.05) is 52.1 Å². The van der Waals surface area contributed by atoms with Crippen LogP contribution in [0, 0.1) is 12.7 Å². The molecule has 2 aromatic heterocycles. The number of nitrogens with zero attached hydrogens (tertiary/aromatic N) is 7. The molecule has 2 aromatic carbocycles. The van der Waals surface area contributed by atoms with E-state index >= 15 is 4.39 Å². The number of hydrogen-bond donors (Lipinski definition) is 2. The first-order valence-corrected chi connectivity index (χ1v) is 21.7. The van der Waals surface area contributed by atoms with Crippen LogP contribution in [0.4, 0.5) is 37.9 Å². The number of hydrogen-bond acceptors (Lipinski definition) is 13. The molecule has 1 atom stereocenters. The lowest BCUT2D eigenvalue weighted by Gasteiger charge is -2.48. The summed E-state index contributed by atoms with van der Waals surface area (Å²) in [4.78, 5) is 59.6. The molecule has 1 unspecified atom stereocenters. The minimum atomic E-state index is -0.638.